The van der Waals surface area contributed by atoms with Crippen LogP contribution in [0.5, 0.6) is 0 Å². The number of hydrogen-bond donors (Lipinski definition) is 3. The largest absolute Gasteiger partial charge is 0.419 e. The van der Waals surface area contributed by atoms with E-state index < -0.39 is 11.7 Å². The van der Waals surface area contributed by atoms with Gasteiger partial charge in [0.1, 0.15) is 10.6 Å². The first kappa shape index (κ1) is 21.8. The maximum Gasteiger partial charge on any atom is 0.419 e. The first-order valence-electron chi connectivity index (χ1n) is 10.6. The highest BCUT2D eigenvalue weighted by Crippen LogP contribution is 2.39. The monoisotopic (exact) mass is 472 g/mol. The van der Waals surface area contributed by atoms with Gasteiger partial charge in [0.2, 0.25) is 5.95 Å². The van der Waals surface area contributed by atoms with Gasteiger partial charge in [-0.15, -0.1) is 11.3 Å². The molecular formula is C23H23F3N6S. The fraction of sp³-hybridized carbons (Fsp3) is 0.348. The van der Waals surface area contributed by atoms with Crippen molar-refractivity contribution in [1.29, 1.82) is 0 Å². The lowest BCUT2D eigenvalue weighted by atomic mass is 9.83. The van der Waals surface area contributed by atoms with Gasteiger partial charge in [-0.05, 0) is 17.9 Å². The lowest BCUT2D eigenvalue weighted by Gasteiger charge is -2.36. The zero-order valence-electron chi connectivity index (χ0n) is 18.1. The molecule has 4 aromatic rings. The smallest absolute Gasteiger partial charge is 0.360 e. The summed E-state index contributed by atoms with van der Waals surface area (Å²) in [5, 5.41) is 9.97. The van der Waals surface area contributed by atoms with Gasteiger partial charge in [0.05, 0.1) is 5.69 Å². The summed E-state index contributed by atoms with van der Waals surface area (Å²) in [5.74, 6) is 0.191. The van der Waals surface area contributed by atoms with Crippen molar-refractivity contribution in [3.8, 4) is 21.8 Å². The Kier molecular flexibility index (Phi) is 5.37. The topological polar surface area (TPSA) is 78.5 Å². The van der Waals surface area contributed by atoms with Crippen LogP contribution in [0.15, 0.2) is 42.2 Å². The molecule has 5 rings (SSSR count). The summed E-state index contributed by atoms with van der Waals surface area (Å²) >= 11 is 1.50. The van der Waals surface area contributed by atoms with Gasteiger partial charge in [-0.25, -0.2) is 15.0 Å². The van der Waals surface area contributed by atoms with E-state index in [1.165, 1.54) is 11.3 Å². The Bertz CT molecular complexity index is 1280. The average molecular weight is 473 g/mol. The van der Waals surface area contributed by atoms with Gasteiger partial charge in [0.25, 0.3) is 0 Å². The van der Waals surface area contributed by atoms with Crippen LogP contribution in [0.3, 0.4) is 0 Å². The number of nitrogens with one attached hydrogen (secondary N) is 3. The number of aromatic nitrogens is 4. The zero-order valence-corrected chi connectivity index (χ0v) is 18.9. The van der Waals surface area contributed by atoms with Crippen molar-refractivity contribution >= 4 is 28.2 Å². The SMILES string of the molecule is CC1(C)CNC[C@@H](Nc2ncc(C(F)(F)F)c(-c3c[nH]c4cc(-c5nccs5)ccc34)n2)C1. The second-order valence-corrected chi connectivity index (χ2v) is 9.99. The van der Waals surface area contributed by atoms with Crippen molar-refractivity contribution in [3.63, 3.8) is 0 Å². The van der Waals surface area contributed by atoms with Crippen molar-refractivity contribution in [1.82, 2.24) is 25.3 Å². The number of fused-ring (bicyclic) bond motifs is 1. The predicted octanol–water partition coefficient (Wildman–Crippen LogP) is 5.57. The first-order valence-corrected chi connectivity index (χ1v) is 11.5. The standard InChI is InChI=1S/C23H23F3N6S/c1-22(2)8-14(9-27-12-22)31-21-30-11-17(23(24,25)26)19(32-21)16-10-29-18-7-13(3-4-15(16)18)20-28-5-6-33-20/h3-7,10-11,14,27,29H,8-9,12H2,1-2H3,(H,30,31,32)/t14-/m0/s1. The Morgan fingerprint density at radius 3 is 2.79 bits per heavy atom. The molecule has 33 heavy (non-hydrogen) atoms. The molecule has 1 aliphatic heterocycles. The van der Waals surface area contributed by atoms with Gasteiger partial charge in [-0.2, -0.15) is 13.2 Å². The third kappa shape index (κ3) is 4.45. The number of alkyl halides is 3. The summed E-state index contributed by atoms with van der Waals surface area (Å²) in [6.45, 7) is 5.90. The minimum absolute atomic E-state index is 0.0298. The van der Waals surface area contributed by atoms with Crippen LogP contribution in [0.25, 0.3) is 32.7 Å². The van der Waals surface area contributed by atoms with Crippen LogP contribution in [-0.2, 0) is 6.18 Å². The second-order valence-electron chi connectivity index (χ2n) is 9.09. The molecule has 0 amide bonds. The summed E-state index contributed by atoms with van der Waals surface area (Å²) in [5.41, 5.74) is 1.08. The van der Waals surface area contributed by atoms with Crippen LogP contribution in [0.4, 0.5) is 19.1 Å². The molecule has 4 heterocycles. The summed E-state index contributed by atoms with van der Waals surface area (Å²) in [7, 11) is 0. The van der Waals surface area contributed by atoms with Crippen molar-refractivity contribution in [2.75, 3.05) is 18.4 Å². The molecule has 3 N–H and O–H groups in total. The Morgan fingerprint density at radius 2 is 2.06 bits per heavy atom. The van der Waals surface area contributed by atoms with Gasteiger partial charge in [-0.3, -0.25) is 0 Å². The van der Waals surface area contributed by atoms with E-state index in [-0.39, 0.29) is 23.1 Å². The molecule has 1 fully saturated rings. The van der Waals surface area contributed by atoms with Crippen LogP contribution < -0.4 is 10.6 Å². The number of benzene rings is 1. The number of anilines is 1. The van der Waals surface area contributed by atoms with E-state index in [9.17, 15) is 13.2 Å². The van der Waals surface area contributed by atoms with Gasteiger partial charge < -0.3 is 15.6 Å². The second kappa shape index (κ2) is 8.11. The summed E-state index contributed by atoms with van der Waals surface area (Å²) in [4.78, 5) is 15.7. The maximum atomic E-state index is 13.9. The highest BCUT2D eigenvalue weighted by atomic mass is 32.1. The molecule has 1 aromatic carbocycles. The van der Waals surface area contributed by atoms with Crippen LogP contribution in [0.1, 0.15) is 25.8 Å². The molecule has 1 aliphatic rings. The molecule has 0 unspecified atom stereocenters. The Morgan fingerprint density at radius 1 is 1.21 bits per heavy atom. The van der Waals surface area contributed by atoms with Crippen LogP contribution in [0.2, 0.25) is 0 Å². The van der Waals surface area contributed by atoms with E-state index in [4.69, 9.17) is 0 Å². The number of piperidine rings is 1. The maximum absolute atomic E-state index is 13.9. The zero-order chi connectivity index (χ0) is 23.2. The Hall–Kier alpha value is -2.98. The predicted molar refractivity (Wildman–Crippen MR) is 124 cm³/mol. The molecule has 10 heteroatoms. The fourth-order valence-electron chi connectivity index (χ4n) is 4.37. The number of halogens is 3. The van der Waals surface area contributed by atoms with E-state index in [1.807, 2.05) is 17.5 Å². The minimum atomic E-state index is -4.58. The number of nitrogens with zero attached hydrogens (tertiary/aromatic N) is 3. The first-order chi connectivity index (χ1) is 15.7. The number of aromatic amines is 1. The number of H-pyrrole nitrogens is 1. The van der Waals surface area contributed by atoms with E-state index >= 15 is 0 Å². The molecule has 1 atom stereocenters. The summed E-state index contributed by atoms with van der Waals surface area (Å²) < 4.78 is 41.6. The summed E-state index contributed by atoms with van der Waals surface area (Å²) in [6, 6.07) is 5.59. The van der Waals surface area contributed by atoms with Crippen molar-refractivity contribution in [2.45, 2.75) is 32.5 Å². The van der Waals surface area contributed by atoms with E-state index in [0.717, 1.165) is 35.3 Å². The molecule has 0 bridgehead atoms. The van der Waals surface area contributed by atoms with E-state index in [0.29, 0.717) is 17.5 Å². The highest BCUT2D eigenvalue weighted by molar-refractivity contribution is 7.13. The van der Waals surface area contributed by atoms with Gasteiger partial charge in [0.15, 0.2) is 0 Å². The van der Waals surface area contributed by atoms with Crippen LogP contribution in [0, 0.1) is 5.41 Å². The number of thiazole rings is 1. The third-order valence-corrected chi connectivity index (χ3v) is 6.66. The van der Waals surface area contributed by atoms with Gasteiger partial charge in [0, 0.05) is 65.1 Å². The van der Waals surface area contributed by atoms with Crippen molar-refractivity contribution < 1.29 is 13.2 Å². The van der Waals surface area contributed by atoms with Crippen molar-refractivity contribution in [3.05, 3.63) is 47.7 Å². The quantitative estimate of drug-likeness (QED) is 0.362. The third-order valence-electron chi connectivity index (χ3n) is 5.84. The highest BCUT2D eigenvalue weighted by Gasteiger charge is 2.36. The Labute approximate surface area is 192 Å². The fourth-order valence-corrected chi connectivity index (χ4v) is 5.00. The molecule has 1 saturated heterocycles. The van der Waals surface area contributed by atoms with E-state index in [1.54, 1.807) is 18.5 Å². The lowest BCUT2D eigenvalue weighted by Crippen LogP contribution is -2.47. The molecule has 0 aliphatic carbocycles. The van der Waals surface area contributed by atoms with Gasteiger partial charge in [-0.1, -0.05) is 26.0 Å². The molecule has 6 nitrogen and oxygen atoms in total. The summed E-state index contributed by atoms with van der Waals surface area (Å²) in [6.07, 6.45) is 0.453. The van der Waals surface area contributed by atoms with Crippen LogP contribution >= 0.6 is 11.3 Å². The van der Waals surface area contributed by atoms with Gasteiger partial charge >= 0.3 is 6.18 Å². The molecule has 0 radical (unpaired) electrons. The Balaban J connectivity index is 1.54. The lowest BCUT2D eigenvalue weighted by molar-refractivity contribution is -0.137. The number of hydrogen-bond acceptors (Lipinski definition) is 6. The molecule has 0 saturated carbocycles. The number of rotatable bonds is 4. The molecule has 3 aromatic heterocycles. The molecular weight excluding hydrogens is 449 g/mol. The molecule has 0 spiro atoms. The normalized spacial score (nSPS) is 18.5. The average Bonchev–Trinajstić information content (AvgIpc) is 3.42. The minimum Gasteiger partial charge on any atom is -0.360 e. The van der Waals surface area contributed by atoms with E-state index in [2.05, 4.69) is 44.4 Å². The van der Waals surface area contributed by atoms with Crippen LogP contribution in [-0.4, -0.2) is 39.1 Å². The molecule has 172 valence electrons. The van der Waals surface area contributed by atoms with Crippen molar-refractivity contribution in [2.24, 2.45) is 5.41 Å².